The number of rotatable bonds is 7. The van der Waals surface area contributed by atoms with Crippen LogP contribution in [0.25, 0.3) is 0 Å². The van der Waals surface area contributed by atoms with E-state index in [9.17, 15) is 0 Å². The normalized spacial score (nSPS) is 16.3. The molecule has 0 aliphatic heterocycles. The Labute approximate surface area is 91.5 Å². The van der Waals surface area contributed by atoms with E-state index in [-0.39, 0.29) is 0 Å². The van der Waals surface area contributed by atoms with E-state index in [2.05, 4.69) is 41.5 Å². The first-order valence-electron chi connectivity index (χ1n) is 6.47. The van der Waals surface area contributed by atoms with Crippen molar-refractivity contribution in [1.82, 2.24) is 0 Å². The van der Waals surface area contributed by atoms with Crippen LogP contribution in [0.3, 0.4) is 0 Å². The van der Waals surface area contributed by atoms with Gasteiger partial charge in [-0.3, -0.25) is 0 Å². The molecule has 0 rings (SSSR count). The van der Waals surface area contributed by atoms with E-state index in [0.29, 0.717) is 0 Å². The van der Waals surface area contributed by atoms with Gasteiger partial charge in [0.15, 0.2) is 0 Å². The lowest BCUT2D eigenvalue weighted by Gasteiger charge is -2.24. The second-order valence-corrected chi connectivity index (χ2v) is 5.76. The van der Waals surface area contributed by atoms with Crippen molar-refractivity contribution in [3.63, 3.8) is 0 Å². The Morgan fingerprint density at radius 1 is 0.857 bits per heavy atom. The van der Waals surface area contributed by atoms with E-state index < -0.39 is 0 Å². The predicted molar refractivity (Wildman–Crippen MR) is 66.5 cm³/mol. The lowest BCUT2D eigenvalue weighted by atomic mass is 9.81. The highest BCUT2D eigenvalue weighted by molar-refractivity contribution is 4.67. The number of hydrogen-bond acceptors (Lipinski definition) is 0. The van der Waals surface area contributed by atoms with Gasteiger partial charge in [0, 0.05) is 0 Å². The Kier molecular flexibility index (Phi) is 7.31. The second-order valence-electron chi connectivity index (χ2n) is 5.76. The lowest BCUT2D eigenvalue weighted by Crippen LogP contribution is -2.14. The molecule has 86 valence electrons. The molecule has 0 aromatic carbocycles. The van der Waals surface area contributed by atoms with Crippen LogP contribution in [0.15, 0.2) is 0 Å². The van der Waals surface area contributed by atoms with Gasteiger partial charge in [-0.15, -0.1) is 0 Å². The quantitative estimate of drug-likeness (QED) is 0.532. The van der Waals surface area contributed by atoms with Crippen molar-refractivity contribution in [3.8, 4) is 0 Å². The van der Waals surface area contributed by atoms with Gasteiger partial charge in [-0.25, -0.2) is 0 Å². The molecule has 0 aliphatic carbocycles. The van der Waals surface area contributed by atoms with Crippen LogP contribution in [0.1, 0.15) is 67.2 Å². The molecule has 0 aromatic heterocycles. The second kappa shape index (κ2) is 7.31. The van der Waals surface area contributed by atoms with E-state index >= 15 is 0 Å². The zero-order valence-corrected chi connectivity index (χ0v) is 11.1. The Balaban J connectivity index is 3.89. The highest BCUT2D eigenvalue weighted by Crippen LogP contribution is 2.27. The maximum Gasteiger partial charge on any atom is -0.0389 e. The van der Waals surface area contributed by atoms with Gasteiger partial charge in [-0.1, -0.05) is 54.4 Å². The van der Waals surface area contributed by atoms with Gasteiger partial charge in [0.2, 0.25) is 0 Å². The summed E-state index contributed by atoms with van der Waals surface area (Å²) in [5, 5.41) is 0. The van der Waals surface area contributed by atoms with Gasteiger partial charge in [0.1, 0.15) is 0 Å². The molecule has 14 heavy (non-hydrogen) atoms. The summed E-state index contributed by atoms with van der Waals surface area (Å²) >= 11 is 0. The molecule has 0 heteroatoms. The van der Waals surface area contributed by atoms with E-state index in [1.807, 2.05) is 0 Å². The zero-order chi connectivity index (χ0) is 11.1. The van der Waals surface area contributed by atoms with Crippen LogP contribution in [0.4, 0.5) is 0 Å². The van der Waals surface area contributed by atoms with Gasteiger partial charge in [-0.05, 0) is 36.5 Å². The summed E-state index contributed by atoms with van der Waals surface area (Å²) in [7, 11) is 0. The molecule has 0 nitrogen and oxygen atoms in total. The number of hydrogen-bond donors (Lipinski definition) is 0. The van der Waals surface area contributed by atoms with Crippen LogP contribution in [0.5, 0.6) is 0 Å². The highest BCUT2D eigenvalue weighted by atomic mass is 14.2. The monoisotopic (exact) mass is 198 g/mol. The van der Waals surface area contributed by atoms with Gasteiger partial charge in [-0.2, -0.15) is 0 Å². The maximum absolute atomic E-state index is 2.42. The van der Waals surface area contributed by atoms with E-state index in [1.54, 1.807) is 0 Å². The summed E-state index contributed by atoms with van der Waals surface area (Å²) in [5.41, 5.74) is 0. The molecule has 0 amide bonds. The first-order valence-corrected chi connectivity index (χ1v) is 6.47. The van der Waals surface area contributed by atoms with Gasteiger partial charge < -0.3 is 0 Å². The van der Waals surface area contributed by atoms with E-state index in [0.717, 1.165) is 23.7 Å². The molecule has 0 fully saturated rings. The van der Waals surface area contributed by atoms with Crippen molar-refractivity contribution < 1.29 is 0 Å². The third kappa shape index (κ3) is 6.45. The molecule has 0 aliphatic rings. The molecule has 2 unspecified atom stereocenters. The van der Waals surface area contributed by atoms with Crippen molar-refractivity contribution in [2.24, 2.45) is 23.7 Å². The standard InChI is InChI=1S/C14H30/c1-7-8-14(12(4)5)10-13(6)9-11(2)3/h11-14H,7-10H2,1-6H3. The average molecular weight is 198 g/mol. The lowest BCUT2D eigenvalue weighted by molar-refractivity contribution is 0.266. The van der Waals surface area contributed by atoms with Crippen molar-refractivity contribution in [2.45, 2.75) is 67.2 Å². The summed E-state index contributed by atoms with van der Waals surface area (Å²) in [4.78, 5) is 0. The van der Waals surface area contributed by atoms with E-state index in [1.165, 1.54) is 25.7 Å². The fraction of sp³-hybridized carbons (Fsp3) is 1.00. The first-order chi connectivity index (χ1) is 6.47. The summed E-state index contributed by atoms with van der Waals surface area (Å²) in [5.74, 6) is 3.59. The van der Waals surface area contributed by atoms with Crippen LogP contribution in [-0.4, -0.2) is 0 Å². The smallest absolute Gasteiger partial charge is 0.0389 e. The SMILES string of the molecule is CCCC(CC(C)CC(C)C)C(C)C. The Bertz CT molecular complexity index is 124. The molecule has 0 spiro atoms. The molecule has 0 radical (unpaired) electrons. The largest absolute Gasteiger partial charge is 0.0654 e. The fourth-order valence-electron chi connectivity index (χ4n) is 2.51. The Morgan fingerprint density at radius 3 is 1.79 bits per heavy atom. The average Bonchev–Trinajstić information content (AvgIpc) is 2.01. The van der Waals surface area contributed by atoms with Crippen LogP contribution in [0, 0.1) is 23.7 Å². The summed E-state index contributed by atoms with van der Waals surface area (Å²) in [6, 6.07) is 0. The van der Waals surface area contributed by atoms with Gasteiger partial charge in [0.05, 0.1) is 0 Å². The van der Waals surface area contributed by atoms with Crippen molar-refractivity contribution in [1.29, 1.82) is 0 Å². The van der Waals surface area contributed by atoms with Gasteiger partial charge >= 0.3 is 0 Å². The molecule has 0 aromatic rings. The summed E-state index contributed by atoms with van der Waals surface area (Å²) in [6.45, 7) is 14.2. The highest BCUT2D eigenvalue weighted by Gasteiger charge is 2.16. The minimum absolute atomic E-state index is 0.861. The molecule has 0 bridgehead atoms. The molecular weight excluding hydrogens is 168 g/mol. The van der Waals surface area contributed by atoms with Crippen LogP contribution >= 0.6 is 0 Å². The molecular formula is C14H30. The minimum Gasteiger partial charge on any atom is -0.0654 e. The maximum atomic E-state index is 2.42. The van der Waals surface area contributed by atoms with Crippen LogP contribution in [-0.2, 0) is 0 Å². The predicted octanol–water partition coefficient (Wildman–Crippen LogP) is 5.13. The molecule has 0 heterocycles. The first kappa shape index (κ1) is 14.0. The van der Waals surface area contributed by atoms with E-state index in [4.69, 9.17) is 0 Å². The molecule has 2 atom stereocenters. The summed E-state index contributed by atoms with van der Waals surface area (Å²) in [6.07, 6.45) is 5.59. The van der Waals surface area contributed by atoms with Gasteiger partial charge in [0.25, 0.3) is 0 Å². The Hall–Kier alpha value is 0. The fourth-order valence-corrected chi connectivity index (χ4v) is 2.51. The third-order valence-corrected chi connectivity index (χ3v) is 3.18. The topological polar surface area (TPSA) is 0 Å². The minimum atomic E-state index is 0.861. The molecule has 0 saturated carbocycles. The van der Waals surface area contributed by atoms with Crippen molar-refractivity contribution in [3.05, 3.63) is 0 Å². The van der Waals surface area contributed by atoms with Crippen LogP contribution in [0.2, 0.25) is 0 Å². The van der Waals surface area contributed by atoms with Crippen LogP contribution < -0.4 is 0 Å². The zero-order valence-electron chi connectivity index (χ0n) is 11.1. The third-order valence-electron chi connectivity index (χ3n) is 3.18. The molecule has 0 N–H and O–H groups in total. The summed E-state index contributed by atoms with van der Waals surface area (Å²) < 4.78 is 0. The van der Waals surface area contributed by atoms with Crippen molar-refractivity contribution >= 4 is 0 Å². The van der Waals surface area contributed by atoms with Crippen molar-refractivity contribution in [2.75, 3.05) is 0 Å². The Morgan fingerprint density at radius 2 is 1.43 bits per heavy atom. The molecule has 0 saturated heterocycles.